The number of nitro groups is 1. The third kappa shape index (κ3) is 3.52. The zero-order chi connectivity index (χ0) is 13.8. The zero-order valence-electron chi connectivity index (χ0n) is 9.37. The fourth-order valence-electron chi connectivity index (χ4n) is 1.28. The number of carbonyl (C=O) groups is 1. The molecule has 1 aromatic carbocycles. The number of thioether (sulfide) groups is 1. The molecule has 1 aliphatic heterocycles. The molecule has 0 radical (unpaired) electrons. The van der Waals surface area contributed by atoms with Gasteiger partial charge in [-0.25, -0.2) is 0 Å². The summed E-state index contributed by atoms with van der Waals surface area (Å²) in [6.45, 7) is 0. The first kappa shape index (κ1) is 13.5. The number of hydrogen-bond donors (Lipinski definition) is 1. The van der Waals surface area contributed by atoms with E-state index in [9.17, 15) is 14.9 Å². The molecule has 1 aliphatic rings. The van der Waals surface area contributed by atoms with Crippen LogP contribution in [0.25, 0.3) is 0 Å². The predicted octanol–water partition coefficient (Wildman–Crippen LogP) is 1.80. The average Bonchev–Trinajstić information content (AvgIpc) is 2.77. The maximum Gasteiger partial charge on any atom is 0.288 e. The van der Waals surface area contributed by atoms with Gasteiger partial charge >= 0.3 is 0 Å². The van der Waals surface area contributed by atoms with Gasteiger partial charge in [-0.15, -0.1) is 5.10 Å². The largest absolute Gasteiger partial charge is 0.303 e. The van der Waals surface area contributed by atoms with E-state index < -0.39 is 4.92 Å². The van der Waals surface area contributed by atoms with Crippen LogP contribution in [-0.4, -0.2) is 28.0 Å². The minimum absolute atomic E-state index is 0.0621. The number of carbonyl (C=O) groups excluding carboxylic acids is 1. The highest BCUT2D eigenvalue weighted by molar-refractivity contribution is 8.15. The maximum absolute atomic E-state index is 10.9. The number of halogens is 1. The first-order valence-electron chi connectivity index (χ1n) is 5.04. The molecule has 0 unspecified atom stereocenters. The maximum atomic E-state index is 10.9. The van der Waals surface area contributed by atoms with Crippen molar-refractivity contribution in [2.24, 2.45) is 10.2 Å². The van der Waals surface area contributed by atoms with E-state index in [1.54, 1.807) is 6.07 Å². The minimum atomic E-state index is -0.571. The number of nitro benzene ring substituents is 1. The van der Waals surface area contributed by atoms with Crippen molar-refractivity contribution in [1.29, 1.82) is 0 Å². The van der Waals surface area contributed by atoms with Crippen molar-refractivity contribution in [2.75, 3.05) is 5.75 Å². The lowest BCUT2D eigenvalue weighted by Gasteiger charge is -1.96. The Hall–Kier alpha value is -1.93. The molecule has 0 bridgehead atoms. The lowest BCUT2D eigenvalue weighted by molar-refractivity contribution is -0.384. The highest BCUT2D eigenvalue weighted by Gasteiger charge is 2.16. The van der Waals surface area contributed by atoms with Gasteiger partial charge in [0.05, 0.1) is 16.9 Å². The molecule has 1 heterocycles. The highest BCUT2D eigenvalue weighted by Crippen LogP contribution is 2.24. The molecule has 1 N–H and O–H groups in total. The van der Waals surface area contributed by atoms with Gasteiger partial charge in [0.15, 0.2) is 5.17 Å². The number of amides is 1. The van der Waals surface area contributed by atoms with Crippen LogP contribution in [0.2, 0.25) is 5.02 Å². The van der Waals surface area contributed by atoms with E-state index in [4.69, 9.17) is 11.6 Å². The van der Waals surface area contributed by atoms with Crippen LogP contribution in [0.1, 0.15) is 5.56 Å². The molecular formula is C10H7ClN4O3S. The molecular weight excluding hydrogens is 292 g/mol. The van der Waals surface area contributed by atoms with Crippen molar-refractivity contribution >= 4 is 46.3 Å². The molecule has 0 aromatic heterocycles. The lowest BCUT2D eigenvalue weighted by atomic mass is 10.2. The Kier molecular flexibility index (Phi) is 4.13. The fraction of sp³-hybridized carbons (Fsp3) is 0.100. The molecule has 0 saturated carbocycles. The molecule has 0 atom stereocenters. The molecule has 7 nitrogen and oxygen atoms in total. The summed E-state index contributed by atoms with van der Waals surface area (Å²) in [7, 11) is 0. The number of nitrogens with one attached hydrogen (secondary N) is 1. The molecule has 9 heteroatoms. The van der Waals surface area contributed by atoms with Crippen molar-refractivity contribution in [3.8, 4) is 0 Å². The Morgan fingerprint density at radius 3 is 2.95 bits per heavy atom. The quantitative estimate of drug-likeness (QED) is 0.522. The van der Waals surface area contributed by atoms with E-state index in [0.717, 1.165) is 0 Å². The van der Waals surface area contributed by atoms with E-state index in [0.29, 0.717) is 16.5 Å². The summed E-state index contributed by atoms with van der Waals surface area (Å²) in [5.74, 6) is 0.196. The SMILES string of the molecule is O=C1CS/C(=N/N=C/c2ccc(Cl)c([N+](=O)[O-])c2)N1. The standard InChI is InChI=1S/C10H7ClN4O3S/c11-7-2-1-6(3-8(7)15(17)18)4-12-14-10-13-9(16)5-19-10/h1-4H,5H2,(H,13,14,16)/b12-4+. The van der Waals surface area contributed by atoms with E-state index in [1.165, 1.54) is 30.1 Å². The number of nitrogens with zero attached hydrogens (tertiary/aromatic N) is 3. The van der Waals surface area contributed by atoms with Gasteiger partial charge in [-0.05, 0) is 6.07 Å². The summed E-state index contributed by atoms with van der Waals surface area (Å²) in [6.07, 6.45) is 1.35. The van der Waals surface area contributed by atoms with Crippen LogP contribution < -0.4 is 5.32 Å². The van der Waals surface area contributed by atoms with Crippen molar-refractivity contribution in [3.63, 3.8) is 0 Å². The second-order valence-corrected chi connectivity index (χ2v) is 4.83. The molecule has 0 aliphatic carbocycles. The minimum Gasteiger partial charge on any atom is -0.303 e. The first-order valence-corrected chi connectivity index (χ1v) is 6.40. The van der Waals surface area contributed by atoms with Crippen LogP contribution in [0.15, 0.2) is 28.4 Å². The highest BCUT2D eigenvalue weighted by atomic mass is 35.5. The summed E-state index contributed by atoms with van der Waals surface area (Å²) in [5, 5.41) is 21.2. The molecule has 19 heavy (non-hydrogen) atoms. The van der Waals surface area contributed by atoms with Crippen LogP contribution in [0.5, 0.6) is 0 Å². The fourth-order valence-corrected chi connectivity index (χ4v) is 2.09. The van der Waals surface area contributed by atoms with Crippen molar-refractivity contribution in [2.45, 2.75) is 0 Å². The van der Waals surface area contributed by atoms with Crippen molar-refractivity contribution in [1.82, 2.24) is 5.32 Å². The van der Waals surface area contributed by atoms with Crippen LogP contribution in [0.3, 0.4) is 0 Å². The van der Waals surface area contributed by atoms with E-state index in [-0.39, 0.29) is 16.6 Å². The van der Waals surface area contributed by atoms with Crippen LogP contribution in [-0.2, 0) is 4.79 Å². The van der Waals surface area contributed by atoms with Gasteiger partial charge in [-0.2, -0.15) is 5.10 Å². The van der Waals surface area contributed by atoms with E-state index in [2.05, 4.69) is 15.5 Å². The number of benzene rings is 1. The lowest BCUT2D eigenvalue weighted by Crippen LogP contribution is -2.19. The van der Waals surface area contributed by atoms with Gasteiger partial charge in [0, 0.05) is 11.6 Å². The molecule has 1 saturated heterocycles. The molecule has 1 fully saturated rings. The third-order valence-electron chi connectivity index (χ3n) is 2.11. The van der Waals surface area contributed by atoms with Gasteiger partial charge in [-0.1, -0.05) is 29.4 Å². The summed E-state index contributed by atoms with van der Waals surface area (Å²) < 4.78 is 0. The second kappa shape index (κ2) is 5.81. The van der Waals surface area contributed by atoms with E-state index >= 15 is 0 Å². The van der Waals surface area contributed by atoms with E-state index in [1.807, 2.05) is 0 Å². The predicted molar refractivity (Wildman–Crippen MR) is 73.7 cm³/mol. The van der Waals surface area contributed by atoms with Gasteiger partial charge in [0.25, 0.3) is 5.69 Å². The Morgan fingerprint density at radius 1 is 1.53 bits per heavy atom. The summed E-state index contributed by atoms with van der Waals surface area (Å²) in [5.41, 5.74) is 0.302. The monoisotopic (exact) mass is 298 g/mol. The normalized spacial score (nSPS) is 17.1. The molecule has 1 aromatic rings. The Morgan fingerprint density at radius 2 is 2.32 bits per heavy atom. The van der Waals surface area contributed by atoms with Crippen molar-refractivity contribution < 1.29 is 9.72 Å². The summed E-state index contributed by atoms with van der Waals surface area (Å²) in [6, 6.07) is 4.30. The van der Waals surface area contributed by atoms with Crippen LogP contribution in [0, 0.1) is 10.1 Å². The smallest absolute Gasteiger partial charge is 0.288 e. The summed E-state index contributed by atoms with van der Waals surface area (Å²) >= 11 is 6.92. The molecule has 0 spiro atoms. The zero-order valence-corrected chi connectivity index (χ0v) is 10.9. The van der Waals surface area contributed by atoms with Crippen LogP contribution >= 0.6 is 23.4 Å². The topological polar surface area (TPSA) is 97.0 Å². The Balaban J connectivity index is 2.13. The number of amidine groups is 1. The van der Waals surface area contributed by atoms with Gasteiger partial charge in [0.1, 0.15) is 5.02 Å². The number of hydrogen-bond acceptors (Lipinski definition) is 6. The third-order valence-corrected chi connectivity index (χ3v) is 3.29. The van der Waals surface area contributed by atoms with Crippen molar-refractivity contribution in [3.05, 3.63) is 38.9 Å². The first-order chi connectivity index (χ1) is 9.06. The van der Waals surface area contributed by atoms with Gasteiger partial charge < -0.3 is 5.32 Å². The molecule has 98 valence electrons. The van der Waals surface area contributed by atoms with Crippen LogP contribution in [0.4, 0.5) is 5.69 Å². The average molecular weight is 299 g/mol. The van der Waals surface area contributed by atoms with Gasteiger partial charge in [-0.3, -0.25) is 14.9 Å². The Bertz CT molecular complexity index is 602. The number of rotatable bonds is 3. The summed E-state index contributed by atoms with van der Waals surface area (Å²) in [4.78, 5) is 21.0. The molecule has 2 rings (SSSR count). The molecule has 1 amide bonds. The van der Waals surface area contributed by atoms with Gasteiger partial charge in [0.2, 0.25) is 5.91 Å². The Labute approximate surface area is 116 Å². The second-order valence-electron chi connectivity index (χ2n) is 3.45.